The quantitative estimate of drug-likeness (QED) is 0.278. The molecular weight excluding hydrogens is 424 g/mol. The van der Waals surface area contributed by atoms with Crippen LogP contribution >= 0.6 is 0 Å². The fourth-order valence-corrected chi connectivity index (χ4v) is 5.75. The lowest BCUT2D eigenvalue weighted by atomic mass is 9.69. The molecule has 0 bridgehead atoms. The van der Waals surface area contributed by atoms with Crippen LogP contribution in [0.2, 0.25) is 0 Å². The summed E-state index contributed by atoms with van der Waals surface area (Å²) >= 11 is 0. The number of hydrogen-bond acceptors (Lipinski definition) is 2. The van der Waals surface area contributed by atoms with Crippen LogP contribution in [0, 0.1) is 0 Å². The highest BCUT2D eigenvalue weighted by molar-refractivity contribution is 5.95. The summed E-state index contributed by atoms with van der Waals surface area (Å²) in [5.74, 6) is 0. The molecule has 0 N–H and O–H groups in total. The van der Waals surface area contributed by atoms with Gasteiger partial charge in [-0.1, -0.05) is 109 Å². The number of rotatable bonds is 3. The lowest BCUT2D eigenvalue weighted by Crippen LogP contribution is -2.30. The molecule has 0 unspecified atom stereocenters. The Morgan fingerprint density at radius 3 is 1.89 bits per heavy atom. The summed E-state index contributed by atoms with van der Waals surface area (Å²) in [4.78, 5) is 10.1. The van der Waals surface area contributed by atoms with Gasteiger partial charge in [0.05, 0.1) is 22.5 Å². The summed E-state index contributed by atoms with van der Waals surface area (Å²) in [7, 11) is 0. The lowest BCUT2D eigenvalue weighted by Gasteiger charge is -2.33. The number of benzene rings is 4. The number of pyridine rings is 2. The molecule has 0 saturated carbocycles. The molecule has 2 aromatic heterocycles. The highest BCUT2D eigenvalue weighted by Gasteiger charge is 2.47. The summed E-state index contributed by atoms with van der Waals surface area (Å²) in [6, 6.07) is 45.1. The molecular formula is C33H22N2. The van der Waals surface area contributed by atoms with Gasteiger partial charge in [0.2, 0.25) is 0 Å². The van der Waals surface area contributed by atoms with Gasteiger partial charge in [0, 0.05) is 11.6 Å². The van der Waals surface area contributed by atoms with Gasteiger partial charge in [-0.05, 0) is 51.4 Å². The minimum Gasteiger partial charge on any atom is -0.255 e. The van der Waals surface area contributed by atoms with Crippen LogP contribution in [-0.4, -0.2) is 9.97 Å². The summed E-state index contributed by atoms with van der Waals surface area (Å²) in [6.07, 6.45) is 1.84. The monoisotopic (exact) mass is 446 g/mol. The standard InChI is InChI=1S/C33H22N2/c1-2-13-24(14-3-1)33(28-18-8-6-16-26(28)27-17-7-9-19-29(27)33)31-22-23-12-4-5-15-25(23)32(35-31)30-20-10-11-21-34-30/h1-22H. The van der Waals surface area contributed by atoms with E-state index in [1.165, 1.54) is 27.8 Å². The Labute approximate surface area is 204 Å². The van der Waals surface area contributed by atoms with E-state index in [0.29, 0.717) is 0 Å². The van der Waals surface area contributed by atoms with E-state index in [1.807, 2.05) is 24.4 Å². The first kappa shape index (κ1) is 19.9. The van der Waals surface area contributed by atoms with Crippen molar-refractivity contribution in [3.05, 3.63) is 156 Å². The third-order valence-corrected chi connectivity index (χ3v) is 7.19. The van der Waals surface area contributed by atoms with Crippen molar-refractivity contribution in [2.75, 3.05) is 0 Å². The SMILES string of the molecule is c1ccc(C2(c3cc4ccccc4c(-c4ccccn4)n3)c3ccccc3-c3ccccc32)cc1. The van der Waals surface area contributed by atoms with E-state index in [-0.39, 0.29) is 0 Å². The van der Waals surface area contributed by atoms with Crippen molar-refractivity contribution in [3.8, 4) is 22.5 Å². The maximum absolute atomic E-state index is 5.44. The van der Waals surface area contributed by atoms with Gasteiger partial charge in [-0.3, -0.25) is 4.98 Å². The Hall–Kier alpha value is -4.56. The zero-order valence-corrected chi connectivity index (χ0v) is 19.1. The lowest BCUT2D eigenvalue weighted by molar-refractivity contribution is 0.738. The third kappa shape index (κ3) is 2.83. The van der Waals surface area contributed by atoms with E-state index in [9.17, 15) is 0 Å². The molecule has 6 aromatic rings. The summed E-state index contributed by atoms with van der Waals surface area (Å²) < 4.78 is 0. The minimum atomic E-state index is -0.526. The molecule has 2 nitrogen and oxygen atoms in total. The summed E-state index contributed by atoms with van der Waals surface area (Å²) in [5.41, 5.74) is 8.56. The average molecular weight is 447 g/mol. The fourth-order valence-electron chi connectivity index (χ4n) is 5.75. The Morgan fingerprint density at radius 1 is 0.543 bits per heavy atom. The molecule has 7 rings (SSSR count). The van der Waals surface area contributed by atoms with Crippen LogP contribution in [0.4, 0.5) is 0 Å². The van der Waals surface area contributed by atoms with Gasteiger partial charge < -0.3 is 0 Å². The predicted molar refractivity (Wildman–Crippen MR) is 142 cm³/mol. The van der Waals surface area contributed by atoms with Crippen molar-refractivity contribution in [2.45, 2.75) is 5.41 Å². The van der Waals surface area contributed by atoms with Crippen LogP contribution in [0.25, 0.3) is 33.3 Å². The highest BCUT2D eigenvalue weighted by atomic mass is 14.8. The second-order valence-corrected chi connectivity index (χ2v) is 9.00. The van der Waals surface area contributed by atoms with Gasteiger partial charge in [0.25, 0.3) is 0 Å². The van der Waals surface area contributed by atoms with Crippen LogP contribution < -0.4 is 0 Å². The zero-order valence-electron chi connectivity index (χ0n) is 19.1. The van der Waals surface area contributed by atoms with Crippen molar-refractivity contribution >= 4 is 10.8 Å². The van der Waals surface area contributed by atoms with Crippen LogP contribution in [-0.2, 0) is 5.41 Å². The van der Waals surface area contributed by atoms with Gasteiger partial charge in [0.1, 0.15) is 0 Å². The van der Waals surface area contributed by atoms with Crippen molar-refractivity contribution in [3.63, 3.8) is 0 Å². The topological polar surface area (TPSA) is 25.8 Å². The molecule has 1 aliphatic carbocycles. The fraction of sp³-hybridized carbons (Fsp3) is 0.0303. The normalized spacial score (nSPS) is 13.4. The molecule has 0 amide bonds. The number of aromatic nitrogens is 2. The maximum atomic E-state index is 5.44. The Bertz CT molecular complexity index is 1640. The van der Waals surface area contributed by atoms with Gasteiger partial charge in [0.15, 0.2) is 0 Å². The second kappa shape index (κ2) is 7.75. The maximum Gasteiger partial charge on any atom is 0.0968 e. The van der Waals surface area contributed by atoms with Crippen LogP contribution in [0.3, 0.4) is 0 Å². The molecule has 2 heterocycles. The van der Waals surface area contributed by atoms with Crippen molar-refractivity contribution in [1.29, 1.82) is 0 Å². The van der Waals surface area contributed by atoms with Crippen molar-refractivity contribution in [2.24, 2.45) is 0 Å². The van der Waals surface area contributed by atoms with Gasteiger partial charge in [-0.25, -0.2) is 4.98 Å². The average Bonchev–Trinajstić information content (AvgIpc) is 3.25. The molecule has 4 aromatic carbocycles. The largest absolute Gasteiger partial charge is 0.255 e. The van der Waals surface area contributed by atoms with E-state index in [2.05, 4.69) is 114 Å². The molecule has 164 valence electrons. The summed E-state index contributed by atoms with van der Waals surface area (Å²) in [6.45, 7) is 0. The molecule has 35 heavy (non-hydrogen) atoms. The van der Waals surface area contributed by atoms with E-state index >= 15 is 0 Å². The van der Waals surface area contributed by atoms with Crippen LogP contribution in [0.5, 0.6) is 0 Å². The number of hydrogen-bond donors (Lipinski definition) is 0. The predicted octanol–water partition coefficient (Wildman–Crippen LogP) is 7.66. The molecule has 0 radical (unpaired) electrons. The molecule has 0 aliphatic heterocycles. The minimum absolute atomic E-state index is 0.526. The Balaban J connectivity index is 1.66. The number of fused-ring (bicyclic) bond motifs is 4. The van der Waals surface area contributed by atoms with Gasteiger partial charge >= 0.3 is 0 Å². The zero-order chi connectivity index (χ0) is 23.2. The summed E-state index contributed by atoms with van der Waals surface area (Å²) in [5, 5.41) is 2.27. The van der Waals surface area contributed by atoms with Crippen molar-refractivity contribution < 1.29 is 0 Å². The van der Waals surface area contributed by atoms with E-state index in [0.717, 1.165) is 27.9 Å². The first-order chi connectivity index (χ1) is 17.4. The first-order valence-corrected chi connectivity index (χ1v) is 11.9. The Kier molecular flexibility index (Phi) is 4.40. The molecule has 0 atom stereocenters. The molecule has 0 spiro atoms. The van der Waals surface area contributed by atoms with Crippen LogP contribution in [0.1, 0.15) is 22.4 Å². The van der Waals surface area contributed by atoms with Gasteiger partial charge in [-0.2, -0.15) is 0 Å². The molecule has 0 saturated heterocycles. The van der Waals surface area contributed by atoms with Gasteiger partial charge in [-0.15, -0.1) is 0 Å². The third-order valence-electron chi connectivity index (χ3n) is 7.19. The second-order valence-electron chi connectivity index (χ2n) is 9.00. The molecule has 0 fully saturated rings. The van der Waals surface area contributed by atoms with Crippen molar-refractivity contribution in [1.82, 2.24) is 9.97 Å². The van der Waals surface area contributed by atoms with E-state index < -0.39 is 5.41 Å². The first-order valence-electron chi connectivity index (χ1n) is 11.9. The van der Waals surface area contributed by atoms with Crippen LogP contribution in [0.15, 0.2) is 134 Å². The Morgan fingerprint density at radius 2 is 1.17 bits per heavy atom. The van der Waals surface area contributed by atoms with E-state index in [4.69, 9.17) is 4.98 Å². The highest BCUT2D eigenvalue weighted by Crippen LogP contribution is 2.56. The number of nitrogens with zero attached hydrogens (tertiary/aromatic N) is 2. The smallest absolute Gasteiger partial charge is 0.0968 e. The van der Waals surface area contributed by atoms with E-state index in [1.54, 1.807) is 0 Å². The molecule has 1 aliphatic rings. The molecule has 2 heteroatoms.